The van der Waals surface area contributed by atoms with Crippen molar-refractivity contribution in [1.29, 1.82) is 0 Å². The average molecular weight is 235 g/mol. The van der Waals surface area contributed by atoms with Crippen LogP contribution in [0, 0.1) is 12.7 Å². The minimum absolute atomic E-state index is 0.296. The highest BCUT2D eigenvalue weighted by molar-refractivity contribution is 6.62. The van der Waals surface area contributed by atoms with E-state index in [4.69, 9.17) is 9.31 Å². The zero-order valence-electron chi connectivity index (χ0n) is 10.7. The zero-order valence-corrected chi connectivity index (χ0v) is 10.7. The molecule has 0 amide bonds. The van der Waals surface area contributed by atoms with E-state index in [-0.39, 0.29) is 5.82 Å². The van der Waals surface area contributed by atoms with Crippen molar-refractivity contribution in [2.75, 3.05) is 0 Å². The molecule has 2 rings (SSSR count). The topological polar surface area (TPSA) is 18.5 Å². The standard InChI is InChI=1S/C13H17BFO2/c1-9-8-10(15)6-7-11(9)14-16-12(2,3)13(4,5)17-14/h6-8H,1H2,2-5H3. The van der Waals surface area contributed by atoms with Gasteiger partial charge in [0.25, 0.3) is 0 Å². The second-order valence-electron chi connectivity index (χ2n) is 5.43. The second-order valence-corrected chi connectivity index (χ2v) is 5.43. The number of halogens is 1. The van der Waals surface area contributed by atoms with E-state index in [0.29, 0.717) is 5.56 Å². The van der Waals surface area contributed by atoms with Gasteiger partial charge in [0.05, 0.1) is 11.2 Å². The molecule has 0 atom stereocenters. The fraction of sp³-hybridized carbons (Fsp3) is 0.462. The van der Waals surface area contributed by atoms with Crippen molar-refractivity contribution in [2.24, 2.45) is 0 Å². The van der Waals surface area contributed by atoms with E-state index < -0.39 is 18.3 Å². The van der Waals surface area contributed by atoms with E-state index in [1.807, 2.05) is 27.7 Å². The Morgan fingerprint density at radius 3 is 2.12 bits per heavy atom. The Hall–Kier alpha value is -0.865. The van der Waals surface area contributed by atoms with Crippen LogP contribution in [-0.2, 0) is 9.31 Å². The maximum atomic E-state index is 13.0. The first-order valence-electron chi connectivity index (χ1n) is 5.70. The van der Waals surface area contributed by atoms with Crippen LogP contribution >= 0.6 is 0 Å². The third kappa shape index (κ3) is 2.12. The van der Waals surface area contributed by atoms with Gasteiger partial charge in [-0.2, -0.15) is 0 Å². The molecule has 0 aromatic heterocycles. The average Bonchev–Trinajstić information content (AvgIpc) is 2.35. The second kappa shape index (κ2) is 3.82. The molecule has 91 valence electrons. The van der Waals surface area contributed by atoms with Crippen molar-refractivity contribution in [3.05, 3.63) is 36.5 Å². The molecule has 1 fully saturated rings. The van der Waals surface area contributed by atoms with Gasteiger partial charge >= 0.3 is 7.12 Å². The molecule has 0 aliphatic carbocycles. The van der Waals surface area contributed by atoms with Crippen molar-refractivity contribution in [1.82, 2.24) is 0 Å². The van der Waals surface area contributed by atoms with Crippen LogP contribution in [0.25, 0.3) is 0 Å². The molecule has 1 aromatic carbocycles. The summed E-state index contributed by atoms with van der Waals surface area (Å²) in [6, 6.07) is 4.45. The van der Waals surface area contributed by atoms with Crippen LogP contribution in [0.2, 0.25) is 0 Å². The van der Waals surface area contributed by atoms with E-state index >= 15 is 0 Å². The summed E-state index contributed by atoms with van der Waals surface area (Å²) in [5.74, 6) is -0.296. The molecule has 1 aliphatic heterocycles. The molecule has 0 unspecified atom stereocenters. The van der Waals surface area contributed by atoms with E-state index in [2.05, 4.69) is 6.92 Å². The Labute approximate surface area is 102 Å². The van der Waals surface area contributed by atoms with Crippen LogP contribution in [-0.4, -0.2) is 18.3 Å². The molecule has 0 saturated carbocycles. The van der Waals surface area contributed by atoms with Crippen molar-refractivity contribution < 1.29 is 13.7 Å². The number of hydrogen-bond donors (Lipinski definition) is 0. The Morgan fingerprint density at radius 2 is 1.65 bits per heavy atom. The van der Waals surface area contributed by atoms with E-state index in [9.17, 15) is 4.39 Å². The summed E-state index contributed by atoms with van der Waals surface area (Å²) in [7, 11) is -0.479. The molecule has 0 spiro atoms. The molecule has 1 radical (unpaired) electrons. The number of benzene rings is 1. The quantitative estimate of drug-likeness (QED) is 0.695. The molecular formula is C13H17BFO2. The van der Waals surface area contributed by atoms with Crippen LogP contribution in [0.3, 0.4) is 0 Å². The highest BCUT2D eigenvalue weighted by Crippen LogP contribution is 2.36. The van der Waals surface area contributed by atoms with Gasteiger partial charge in [0.2, 0.25) is 0 Å². The van der Waals surface area contributed by atoms with Crippen LogP contribution < -0.4 is 5.46 Å². The number of rotatable bonds is 1. The molecule has 1 aliphatic rings. The first-order chi connectivity index (χ1) is 7.73. The smallest absolute Gasteiger partial charge is 0.399 e. The fourth-order valence-electron chi connectivity index (χ4n) is 1.77. The Kier molecular flexibility index (Phi) is 2.83. The lowest BCUT2D eigenvalue weighted by Gasteiger charge is -2.32. The van der Waals surface area contributed by atoms with Gasteiger partial charge in [-0.3, -0.25) is 0 Å². The number of hydrogen-bond acceptors (Lipinski definition) is 2. The van der Waals surface area contributed by atoms with Gasteiger partial charge in [-0.25, -0.2) is 4.39 Å². The molecule has 0 bridgehead atoms. The minimum atomic E-state index is -0.479. The summed E-state index contributed by atoms with van der Waals surface area (Å²) in [4.78, 5) is 0. The zero-order chi connectivity index (χ0) is 12.8. The summed E-state index contributed by atoms with van der Waals surface area (Å²) >= 11 is 0. The Bertz CT molecular complexity index is 427. The first-order valence-corrected chi connectivity index (χ1v) is 5.70. The van der Waals surface area contributed by atoms with Crippen LogP contribution in [0.5, 0.6) is 0 Å². The predicted octanol–water partition coefficient (Wildman–Crippen LogP) is 2.31. The van der Waals surface area contributed by atoms with Gasteiger partial charge in [0.15, 0.2) is 0 Å². The molecule has 1 saturated heterocycles. The highest BCUT2D eigenvalue weighted by Gasteiger charge is 2.51. The lowest BCUT2D eigenvalue weighted by Crippen LogP contribution is -2.41. The van der Waals surface area contributed by atoms with E-state index in [1.165, 1.54) is 12.1 Å². The third-order valence-electron chi connectivity index (χ3n) is 3.61. The van der Waals surface area contributed by atoms with Crippen molar-refractivity contribution in [2.45, 2.75) is 38.9 Å². The van der Waals surface area contributed by atoms with Gasteiger partial charge in [-0.1, -0.05) is 6.07 Å². The molecule has 2 nitrogen and oxygen atoms in total. The molecule has 1 aromatic rings. The highest BCUT2D eigenvalue weighted by atomic mass is 19.1. The Balaban J connectivity index is 2.32. The lowest BCUT2D eigenvalue weighted by molar-refractivity contribution is 0.00578. The molecule has 4 heteroatoms. The minimum Gasteiger partial charge on any atom is -0.399 e. The summed E-state index contributed by atoms with van der Waals surface area (Å²) < 4.78 is 24.8. The van der Waals surface area contributed by atoms with Crippen molar-refractivity contribution in [3.8, 4) is 0 Å². The molecule has 1 heterocycles. The lowest BCUT2D eigenvalue weighted by atomic mass is 9.76. The van der Waals surface area contributed by atoms with Crippen molar-refractivity contribution in [3.63, 3.8) is 0 Å². The summed E-state index contributed by atoms with van der Waals surface area (Å²) in [6.07, 6.45) is 0. The van der Waals surface area contributed by atoms with E-state index in [1.54, 1.807) is 6.07 Å². The summed E-state index contributed by atoms with van der Waals surface area (Å²) in [6.45, 7) is 11.8. The normalized spacial score (nSPS) is 21.9. The maximum Gasteiger partial charge on any atom is 0.495 e. The van der Waals surface area contributed by atoms with Gasteiger partial charge in [-0.05, 0) is 57.8 Å². The van der Waals surface area contributed by atoms with Gasteiger partial charge in [0, 0.05) is 0 Å². The van der Waals surface area contributed by atoms with Gasteiger partial charge in [-0.15, -0.1) is 0 Å². The summed E-state index contributed by atoms with van der Waals surface area (Å²) in [5, 5.41) is 0. The van der Waals surface area contributed by atoms with Crippen LogP contribution in [0.15, 0.2) is 18.2 Å². The van der Waals surface area contributed by atoms with Gasteiger partial charge < -0.3 is 9.31 Å². The van der Waals surface area contributed by atoms with E-state index in [0.717, 1.165) is 5.46 Å². The summed E-state index contributed by atoms with van der Waals surface area (Å²) in [5.41, 5.74) is 0.602. The van der Waals surface area contributed by atoms with Crippen LogP contribution in [0.4, 0.5) is 4.39 Å². The SMILES string of the molecule is [CH2]c1cc(F)ccc1B1OC(C)(C)C(C)(C)O1. The largest absolute Gasteiger partial charge is 0.495 e. The molecule has 17 heavy (non-hydrogen) atoms. The third-order valence-corrected chi connectivity index (χ3v) is 3.61. The van der Waals surface area contributed by atoms with Crippen LogP contribution in [0.1, 0.15) is 33.3 Å². The maximum absolute atomic E-state index is 13.0. The predicted molar refractivity (Wildman–Crippen MR) is 66.6 cm³/mol. The fourth-order valence-corrected chi connectivity index (χ4v) is 1.77. The van der Waals surface area contributed by atoms with Gasteiger partial charge in [0.1, 0.15) is 5.82 Å². The first kappa shape index (κ1) is 12.6. The Morgan fingerprint density at radius 1 is 1.12 bits per heavy atom. The molecular weight excluding hydrogens is 218 g/mol. The monoisotopic (exact) mass is 235 g/mol. The molecule has 0 N–H and O–H groups in total. The van der Waals surface area contributed by atoms with Crippen molar-refractivity contribution >= 4 is 12.6 Å².